The number of nitrogens with zero attached hydrogens (tertiary/aromatic N) is 4. The molecule has 0 unspecified atom stereocenters. The van der Waals surface area contributed by atoms with Crippen LogP contribution < -0.4 is 5.32 Å². The van der Waals surface area contributed by atoms with Gasteiger partial charge in [-0.3, -0.25) is 4.98 Å². The number of aliphatic hydroxyl groups excluding tert-OH is 1. The van der Waals surface area contributed by atoms with E-state index in [1.807, 2.05) is 13.8 Å². The van der Waals surface area contributed by atoms with Crippen molar-refractivity contribution in [2.45, 2.75) is 32.9 Å². The fourth-order valence-corrected chi connectivity index (χ4v) is 2.49. The Hall–Kier alpha value is -2.94. The van der Waals surface area contributed by atoms with E-state index in [1.165, 1.54) is 4.68 Å². The lowest BCUT2D eigenvalue weighted by Crippen LogP contribution is -2.16. The molecule has 2 aromatic heterocycles. The molecule has 2 heterocycles. The maximum Gasteiger partial charge on any atom is 0.247 e. The summed E-state index contributed by atoms with van der Waals surface area (Å²) < 4.78 is 41.9. The Morgan fingerprint density at radius 1 is 1.19 bits per heavy atom. The molecular weight excluding hydrogens is 359 g/mol. The molecule has 0 aliphatic carbocycles. The highest BCUT2D eigenvalue weighted by Gasteiger charge is 2.18. The fraction of sp³-hybridized carbons (Fsp3) is 0.278. The summed E-state index contributed by atoms with van der Waals surface area (Å²) in [5, 5.41) is 16.8. The third-order valence-electron chi connectivity index (χ3n) is 3.96. The van der Waals surface area contributed by atoms with Gasteiger partial charge in [0.05, 0.1) is 18.3 Å². The standard InChI is InChI=1S/C18H18F3N5O/c1-3-12(27)9-26-17(11-6-7-22-10(2)8-11)24-18(25-26)23-14-5-4-13(19)15(20)16(14)21/h4-8,12,27H,3,9H2,1-2H3,(H,23,25)/t12-/m0/s1. The molecule has 142 valence electrons. The van der Waals surface area contributed by atoms with Gasteiger partial charge >= 0.3 is 0 Å². The molecule has 0 saturated heterocycles. The Labute approximate surface area is 153 Å². The van der Waals surface area contributed by atoms with Gasteiger partial charge in [-0.1, -0.05) is 6.92 Å². The van der Waals surface area contributed by atoms with Crippen LogP contribution in [-0.2, 0) is 6.54 Å². The SMILES string of the molecule is CC[C@H](O)Cn1nc(Nc2ccc(F)c(F)c2F)nc1-c1ccnc(C)c1. The predicted molar refractivity (Wildman–Crippen MR) is 93.9 cm³/mol. The number of halogens is 3. The molecule has 27 heavy (non-hydrogen) atoms. The van der Waals surface area contributed by atoms with Crippen LogP contribution in [0.15, 0.2) is 30.5 Å². The summed E-state index contributed by atoms with van der Waals surface area (Å²) in [6.07, 6.45) is 1.47. The van der Waals surface area contributed by atoms with E-state index >= 15 is 0 Å². The van der Waals surface area contributed by atoms with Crippen molar-refractivity contribution in [3.63, 3.8) is 0 Å². The van der Waals surface area contributed by atoms with Crippen molar-refractivity contribution >= 4 is 11.6 Å². The average Bonchev–Trinajstić information content (AvgIpc) is 3.04. The largest absolute Gasteiger partial charge is 0.391 e. The number of aromatic nitrogens is 4. The van der Waals surface area contributed by atoms with Crippen LogP contribution in [0.4, 0.5) is 24.8 Å². The van der Waals surface area contributed by atoms with E-state index in [2.05, 4.69) is 20.4 Å². The van der Waals surface area contributed by atoms with Gasteiger partial charge in [0.25, 0.3) is 0 Å². The van der Waals surface area contributed by atoms with Gasteiger partial charge in [0.1, 0.15) is 0 Å². The number of aliphatic hydroxyl groups is 1. The number of aryl methyl sites for hydroxylation is 1. The second-order valence-corrected chi connectivity index (χ2v) is 6.04. The molecule has 1 atom stereocenters. The molecule has 0 fully saturated rings. The maximum atomic E-state index is 13.9. The van der Waals surface area contributed by atoms with Crippen LogP contribution in [0.3, 0.4) is 0 Å². The van der Waals surface area contributed by atoms with Gasteiger partial charge in [-0.15, -0.1) is 5.10 Å². The number of anilines is 2. The van der Waals surface area contributed by atoms with Crippen LogP contribution >= 0.6 is 0 Å². The predicted octanol–water partition coefficient (Wildman–Crippen LogP) is 3.58. The van der Waals surface area contributed by atoms with Crippen molar-refractivity contribution < 1.29 is 18.3 Å². The zero-order valence-corrected chi connectivity index (χ0v) is 14.7. The van der Waals surface area contributed by atoms with Gasteiger partial charge in [0, 0.05) is 17.5 Å². The van der Waals surface area contributed by atoms with Gasteiger partial charge in [-0.25, -0.2) is 17.9 Å². The summed E-state index contributed by atoms with van der Waals surface area (Å²) in [7, 11) is 0. The summed E-state index contributed by atoms with van der Waals surface area (Å²) in [6, 6.07) is 5.39. The number of pyridine rings is 1. The van der Waals surface area contributed by atoms with Crippen LogP contribution in [0.25, 0.3) is 11.4 Å². The third kappa shape index (κ3) is 4.08. The Balaban J connectivity index is 1.99. The first-order valence-corrected chi connectivity index (χ1v) is 8.35. The van der Waals surface area contributed by atoms with Gasteiger partial charge in [0.2, 0.25) is 5.95 Å². The van der Waals surface area contributed by atoms with Gasteiger partial charge in [-0.2, -0.15) is 4.98 Å². The van der Waals surface area contributed by atoms with Gasteiger partial charge < -0.3 is 10.4 Å². The van der Waals surface area contributed by atoms with Crippen LogP contribution in [0, 0.1) is 24.4 Å². The molecule has 0 saturated carbocycles. The Morgan fingerprint density at radius 3 is 2.67 bits per heavy atom. The minimum absolute atomic E-state index is 0.00678. The van der Waals surface area contributed by atoms with E-state index in [4.69, 9.17) is 0 Å². The van der Waals surface area contributed by atoms with E-state index in [0.717, 1.165) is 17.8 Å². The molecule has 2 N–H and O–H groups in total. The highest BCUT2D eigenvalue weighted by molar-refractivity contribution is 5.60. The monoisotopic (exact) mass is 377 g/mol. The molecule has 3 rings (SSSR count). The van der Waals surface area contributed by atoms with E-state index in [9.17, 15) is 18.3 Å². The molecule has 9 heteroatoms. The van der Waals surface area contributed by atoms with Crippen molar-refractivity contribution in [2.24, 2.45) is 0 Å². The molecule has 3 aromatic rings. The summed E-state index contributed by atoms with van der Waals surface area (Å²) in [4.78, 5) is 8.44. The number of nitrogens with one attached hydrogen (secondary N) is 1. The second kappa shape index (κ2) is 7.75. The molecule has 0 amide bonds. The molecular formula is C18H18F3N5O. The normalized spacial score (nSPS) is 12.2. The van der Waals surface area contributed by atoms with Crippen LogP contribution in [-0.4, -0.2) is 31.0 Å². The summed E-state index contributed by atoms with van der Waals surface area (Å²) in [5.74, 6) is -3.80. The molecule has 6 nitrogen and oxygen atoms in total. The number of benzene rings is 1. The molecule has 1 aromatic carbocycles. The quantitative estimate of drug-likeness (QED) is 0.642. The summed E-state index contributed by atoms with van der Waals surface area (Å²) >= 11 is 0. The third-order valence-corrected chi connectivity index (χ3v) is 3.96. The first-order chi connectivity index (χ1) is 12.9. The zero-order valence-electron chi connectivity index (χ0n) is 14.7. The average molecular weight is 377 g/mol. The second-order valence-electron chi connectivity index (χ2n) is 6.04. The van der Waals surface area contributed by atoms with Gasteiger partial charge in [0.15, 0.2) is 23.3 Å². The Kier molecular flexibility index (Phi) is 5.41. The number of hydrogen-bond donors (Lipinski definition) is 2. The highest BCUT2D eigenvalue weighted by atomic mass is 19.2. The van der Waals surface area contributed by atoms with Crippen LogP contribution in [0.1, 0.15) is 19.0 Å². The van der Waals surface area contributed by atoms with E-state index in [-0.39, 0.29) is 18.2 Å². The number of rotatable bonds is 6. The topological polar surface area (TPSA) is 75.9 Å². The van der Waals surface area contributed by atoms with Crippen molar-refractivity contribution in [3.8, 4) is 11.4 Å². The van der Waals surface area contributed by atoms with Crippen molar-refractivity contribution in [3.05, 3.63) is 53.6 Å². The number of hydrogen-bond acceptors (Lipinski definition) is 5. The van der Waals surface area contributed by atoms with E-state index in [1.54, 1.807) is 18.3 Å². The maximum absolute atomic E-state index is 13.9. The van der Waals surface area contributed by atoms with Crippen molar-refractivity contribution in [1.82, 2.24) is 19.7 Å². The minimum Gasteiger partial charge on any atom is -0.391 e. The summed E-state index contributed by atoms with van der Waals surface area (Å²) in [6.45, 7) is 3.82. The fourth-order valence-electron chi connectivity index (χ4n) is 2.49. The van der Waals surface area contributed by atoms with E-state index in [0.29, 0.717) is 17.8 Å². The highest BCUT2D eigenvalue weighted by Crippen LogP contribution is 2.25. The molecule has 0 aliphatic rings. The van der Waals surface area contributed by atoms with Crippen LogP contribution in [0.5, 0.6) is 0 Å². The lowest BCUT2D eigenvalue weighted by atomic mass is 10.2. The lowest BCUT2D eigenvalue weighted by molar-refractivity contribution is 0.146. The zero-order chi connectivity index (χ0) is 19.6. The molecule has 0 spiro atoms. The van der Waals surface area contributed by atoms with E-state index < -0.39 is 23.6 Å². The molecule has 0 radical (unpaired) electrons. The lowest BCUT2D eigenvalue weighted by Gasteiger charge is -2.10. The van der Waals surface area contributed by atoms with Gasteiger partial charge in [-0.05, 0) is 37.6 Å². The van der Waals surface area contributed by atoms with Crippen molar-refractivity contribution in [1.29, 1.82) is 0 Å². The smallest absolute Gasteiger partial charge is 0.247 e. The molecule has 0 aliphatic heterocycles. The van der Waals surface area contributed by atoms with Crippen molar-refractivity contribution in [2.75, 3.05) is 5.32 Å². The van der Waals surface area contributed by atoms with Crippen LogP contribution in [0.2, 0.25) is 0 Å². The minimum atomic E-state index is -1.58. The molecule has 0 bridgehead atoms. The first kappa shape index (κ1) is 18.8. The summed E-state index contributed by atoms with van der Waals surface area (Å²) in [5.41, 5.74) is 1.18. The Morgan fingerprint density at radius 2 is 1.96 bits per heavy atom. The first-order valence-electron chi connectivity index (χ1n) is 8.35. The Bertz CT molecular complexity index is 960.